The molecule has 1 aromatic carbocycles. The van der Waals surface area contributed by atoms with E-state index in [4.69, 9.17) is 11.6 Å². The fourth-order valence-corrected chi connectivity index (χ4v) is 1.70. The Morgan fingerprint density at radius 2 is 2.12 bits per heavy atom. The Labute approximate surface area is 95.8 Å². The van der Waals surface area contributed by atoms with Crippen molar-refractivity contribution >= 4 is 28.3 Å². The zero-order chi connectivity index (χ0) is 11.7. The van der Waals surface area contributed by atoms with E-state index in [1.807, 2.05) is 0 Å². The van der Waals surface area contributed by atoms with Gasteiger partial charge >= 0.3 is 5.97 Å². The first-order valence-corrected chi connectivity index (χ1v) is 4.91. The zero-order valence-corrected chi connectivity index (χ0v) is 9.17. The van der Waals surface area contributed by atoms with E-state index in [1.54, 1.807) is 18.2 Å². The first-order valence-electron chi connectivity index (χ1n) is 4.53. The predicted molar refractivity (Wildman–Crippen MR) is 60.9 cm³/mol. The van der Waals surface area contributed by atoms with Crippen LogP contribution < -0.4 is 5.56 Å². The number of hydrogen-bond acceptors (Lipinski definition) is 3. The summed E-state index contributed by atoms with van der Waals surface area (Å²) in [6.45, 7) is 0. The molecule has 0 saturated heterocycles. The molecule has 0 aliphatic heterocycles. The quantitative estimate of drug-likeness (QED) is 0.772. The number of H-pyrrole nitrogens is 1. The normalized spacial score (nSPS) is 10.4. The van der Waals surface area contributed by atoms with Gasteiger partial charge in [0.1, 0.15) is 5.69 Å². The van der Waals surface area contributed by atoms with Crippen molar-refractivity contribution in [2.24, 2.45) is 0 Å². The van der Waals surface area contributed by atoms with Crippen molar-refractivity contribution in [3.8, 4) is 0 Å². The van der Waals surface area contributed by atoms with Gasteiger partial charge in [-0.25, -0.2) is 4.79 Å². The number of carbonyl (C=O) groups is 1. The van der Waals surface area contributed by atoms with Gasteiger partial charge < -0.3 is 9.72 Å². The van der Waals surface area contributed by atoms with Gasteiger partial charge in [0.2, 0.25) is 0 Å². The maximum Gasteiger partial charge on any atom is 0.354 e. The maximum atomic E-state index is 11.7. The van der Waals surface area contributed by atoms with E-state index in [2.05, 4.69) is 9.72 Å². The highest BCUT2D eigenvalue weighted by molar-refractivity contribution is 6.35. The number of aromatic amines is 1. The molecule has 4 nitrogen and oxygen atoms in total. The van der Waals surface area contributed by atoms with Gasteiger partial charge in [-0.05, 0) is 18.2 Å². The Bertz CT molecular complexity index is 618. The smallest absolute Gasteiger partial charge is 0.354 e. The molecular formula is C11H8ClNO3. The molecule has 0 unspecified atom stereocenters. The molecule has 2 aromatic rings. The first kappa shape index (κ1) is 10.7. The van der Waals surface area contributed by atoms with E-state index in [0.717, 1.165) is 0 Å². The summed E-state index contributed by atoms with van der Waals surface area (Å²) < 4.78 is 4.53. The van der Waals surface area contributed by atoms with Gasteiger partial charge in [0.15, 0.2) is 0 Å². The van der Waals surface area contributed by atoms with Crippen molar-refractivity contribution in [1.29, 1.82) is 0 Å². The highest BCUT2D eigenvalue weighted by atomic mass is 35.5. The minimum absolute atomic E-state index is 0.0908. The summed E-state index contributed by atoms with van der Waals surface area (Å²) in [6.07, 6.45) is 0. The standard InChI is InChI=1S/C11H8ClNO3/c1-16-11(15)9-5-7-6(10(14)13-9)3-2-4-8(7)12/h2-5H,1H3,(H,13,14). The molecule has 5 heteroatoms. The third-order valence-corrected chi connectivity index (χ3v) is 2.57. The number of benzene rings is 1. The van der Waals surface area contributed by atoms with Crippen molar-refractivity contribution in [2.45, 2.75) is 0 Å². The number of pyridine rings is 1. The minimum atomic E-state index is -0.598. The lowest BCUT2D eigenvalue weighted by Gasteiger charge is -2.03. The highest BCUT2D eigenvalue weighted by Gasteiger charge is 2.10. The lowest BCUT2D eigenvalue weighted by atomic mass is 10.1. The van der Waals surface area contributed by atoms with Crippen molar-refractivity contribution in [3.63, 3.8) is 0 Å². The van der Waals surface area contributed by atoms with E-state index in [0.29, 0.717) is 15.8 Å². The van der Waals surface area contributed by atoms with Gasteiger partial charge in [0.05, 0.1) is 7.11 Å². The zero-order valence-electron chi connectivity index (χ0n) is 8.41. The summed E-state index contributed by atoms with van der Waals surface area (Å²) in [5.74, 6) is -0.598. The number of halogens is 1. The van der Waals surface area contributed by atoms with E-state index < -0.39 is 5.97 Å². The summed E-state index contributed by atoms with van der Waals surface area (Å²) in [7, 11) is 1.25. The van der Waals surface area contributed by atoms with Crippen LogP contribution in [0.2, 0.25) is 5.02 Å². The molecular weight excluding hydrogens is 230 g/mol. The van der Waals surface area contributed by atoms with Gasteiger partial charge in [-0.1, -0.05) is 17.7 Å². The molecule has 0 fully saturated rings. The molecule has 82 valence electrons. The van der Waals surface area contributed by atoms with Crippen LogP contribution in [-0.4, -0.2) is 18.1 Å². The number of carbonyl (C=O) groups excluding carboxylic acids is 1. The lowest BCUT2D eigenvalue weighted by Crippen LogP contribution is -2.14. The van der Waals surface area contributed by atoms with E-state index in [1.165, 1.54) is 13.2 Å². The number of rotatable bonds is 1. The van der Waals surface area contributed by atoms with Crippen LogP contribution in [0.1, 0.15) is 10.5 Å². The minimum Gasteiger partial charge on any atom is -0.464 e. The molecule has 1 heterocycles. The molecule has 0 saturated carbocycles. The number of aromatic nitrogens is 1. The molecule has 16 heavy (non-hydrogen) atoms. The fourth-order valence-electron chi connectivity index (χ4n) is 1.47. The summed E-state index contributed by atoms with van der Waals surface area (Å²) in [5.41, 5.74) is -0.270. The highest BCUT2D eigenvalue weighted by Crippen LogP contribution is 2.21. The SMILES string of the molecule is COC(=O)c1cc2c(Cl)cccc2c(=O)[nH]1. The van der Waals surface area contributed by atoms with E-state index in [9.17, 15) is 9.59 Å². The van der Waals surface area contributed by atoms with Crippen LogP contribution in [0.25, 0.3) is 10.8 Å². The molecule has 1 aromatic heterocycles. The topological polar surface area (TPSA) is 59.2 Å². The molecule has 2 rings (SSSR count). The second-order valence-electron chi connectivity index (χ2n) is 3.20. The average Bonchev–Trinajstić information content (AvgIpc) is 2.29. The van der Waals surface area contributed by atoms with Crippen LogP contribution in [0.4, 0.5) is 0 Å². The van der Waals surface area contributed by atoms with Gasteiger partial charge in [0.25, 0.3) is 5.56 Å². The Balaban J connectivity index is 2.80. The largest absolute Gasteiger partial charge is 0.464 e. The summed E-state index contributed by atoms with van der Waals surface area (Å²) in [5, 5.41) is 1.40. The third kappa shape index (κ3) is 1.67. The van der Waals surface area contributed by atoms with Gasteiger partial charge in [-0.15, -0.1) is 0 Å². The van der Waals surface area contributed by atoms with Crippen LogP contribution in [-0.2, 0) is 4.74 Å². The van der Waals surface area contributed by atoms with Crippen molar-refractivity contribution in [2.75, 3.05) is 7.11 Å². The number of ether oxygens (including phenoxy) is 1. The van der Waals surface area contributed by atoms with Gasteiger partial charge in [-0.3, -0.25) is 4.79 Å². The lowest BCUT2D eigenvalue weighted by molar-refractivity contribution is 0.0594. The number of nitrogens with one attached hydrogen (secondary N) is 1. The van der Waals surface area contributed by atoms with Gasteiger partial charge in [0, 0.05) is 15.8 Å². The van der Waals surface area contributed by atoms with Crippen LogP contribution >= 0.6 is 11.6 Å². The molecule has 0 amide bonds. The van der Waals surface area contributed by atoms with Crippen molar-refractivity contribution < 1.29 is 9.53 Å². The van der Waals surface area contributed by atoms with Crippen LogP contribution in [0.3, 0.4) is 0 Å². The Kier molecular flexibility index (Phi) is 2.66. The summed E-state index contributed by atoms with van der Waals surface area (Å²) in [6, 6.07) is 6.48. The molecule has 0 atom stereocenters. The number of methoxy groups -OCH3 is 1. The van der Waals surface area contributed by atoms with Crippen LogP contribution in [0.15, 0.2) is 29.1 Å². The monoisotopic (exact) mass is 237 g/mol. The van der Waals surface area contributed by atoms with Crippen LogP contribution in [0.5, 0.6) is 0 Å². The molecule has 0 aliphatic rings. The van der Waals surface area contributed by atoms with E-state index in [-0.39, 0.29) is 11.3 Å². The summed E-state index contributed by atoms with van der Waals surface area (Å²) in [4.78, 5) is 25.4. The Morgan fingerprint density at radius 1 is 1.38 bits per heavy atom. The molecule has 0 radical (unpaired) electrons. The second kappa shape index (κ2) is 3.98. The molecule has 0 bridgehead atoms. The molecule has 1 N–H and O–H groups in total. The Morgan fingerprint density at radius 3 is 2.81 bits per heavy atom. The van der Waals surface area contributed by atoms with Gasteiger partial charge in [-0.2, -0.15) is 0 Å². The fraction of sp³-hybridized carbons (Fsp3) is 0.0909. The van der Waals surface area contributed by atoms with E-state index >= 15 is 0 Å². The Hall–Kier alpha value is -1.81. The number of fused-ring (bicyclic) bond motifs is 1. The maximum absolute atomic E-state index is 11.7. The molecule has 0 aliphatic carbocycles. The first-order chi connectivity index (χ1) is 7.63. The van der Waals surface area contributed by atoms with Crippen molar-refractivity contribution in [1.82, 2.24) is 4.98 Å². The van der Waals surface area contributed by atoms with Crippen LogP contribution in [0, 0.1) is 0 Å². The molecule has 0 spiro atoms. The number of esters is 1. The number of hydrogen-bond donors (Lipinski definition) is 1. The average molecular weight is 238 g/mol. The predicted octanol–water partition coefficient (Wildman–Crippen LogP) is 1.97. The summed E-state index contributed by atoms with van der Waals surface area (Å²) >= 11 is 5.94. The van der Waals surface area contributed by atoms with Crippen molar-refractivity contribution in [3.05, 3.63) is 45.3 Å². The second-order valence-corrected chi connectivity index (χ2v) is 3.61. The third-order valence-electron chi connectivity index (χ3n) is 2.24.